The minimum Gasteiger partial charge on any atom is -0.492 e. The summed E-state index contributed by atoms with van der Waals surface area (Å²) in [4.78, 5) is 15.0. The second-order valence-electron chi connectivity index (χ2n) is 7.49. The van der Waals surface area contributed by atoms with Gasteiger partial charge >= 0.3 is 5.69 Å². The Morgan fingerprint density at radius 1 is 0.812 bits per heavy atom. The molecule has 0 aliphatic carbocycles. The standard InChI is InChI=1S/C25H24ClN3O3/c1-27(2)17-18-31-21-11-7-19(8-12-21)28-15-16-29(25(28)30)20-9-13-22(14-10-20)32-24-6-4-3-5-23(24)26/h3-16H,17-18H2,1-2H3. The fourth-order valence-electron chi connectivity index (χ4n) is 3.15. The summed E-state index contributed by atoms with van der Waals surface area (Å²) in [5.41, 5.74) is 1.35. The topological polar surface area (TPSA) is 48.6 Å². The second-order valence-corrected chi connectivity index (χ2v) is 7.90. The van der Waals surface area contributed by atoms with Crippen molar-refractivity contribution in [1.82, 2.24) is 14.0 Å². The smallest absolute Gasteiger partial charge is 0.337 e. The van der Waals surface area contributed by atoms with E-state index in [2.05, 4.69) is 4.90 Å². The predicted octanol–water partition coefficient (Wildman–Crippen LogP) is 5.01. The first-order chi connectivity index (χ1) is 15.5. The highest BCUT2D eigenvalue weighted by Crippen LogP contribution is 2.29. The van der Waals surface area contributed by atoms with Crippen LogP contribution in [0.25, 0.3) is 11.4 Å². The van der Waals surface area contributed by atoms with Crippen molar-refractivity contribution in [3.63, 3.8) is 0 Å². The first-order valence-corrected chi connectivity index (χ1v) is 10.6. The molecule has 0 spiro atoms. The summed E-state index contributed by atoms with van der Waals surface area (Å²) in [5, 5.41) is 0.541. The summed E-state index contributed by atoms with van der Waals surface area (Å²) in [6.45, 7) is 1.45. The lowest BCUT2D eigenvalue weighted by molar-refractivity contribution is 0.261. The SMILES string of the molecule is CN(C)CCOc1ccc(-n2ccn(-c3ccc(Oc4ccccc4Cl)cc3)c2=O)cc1. The van der Waals surface area contributed by atoms with E-state index in [4.69, 9.17) is 21.1 Å². The Hall–Kier alpha value is -3.48. The van der Waals surface area contributed by atoms with Crippen molar-refractivity contribution >= 4 is 11.6 Å². The highest BCUT2D eigenvalue weighted by Gasteiger charge is 2.09. The highest BCUT2D eigenvalue weighted by molar-refractivity contribution is 6.32. The van der Waals surface area contributed by atoms with Gasteiger partial charge in [0.05, 0.1) is 16.4 Å². The number of nitrogens with zero attached hydrogens (tertiary/aromatic N) is 3. The van der Waals surface area contributed by atoms with Crippen LogP contribution in [0.3, 0.4) is 0 Å². The molecule has 32 heavy (non-hydrogen) atoms. The highest BCUT2D eigenvalue weighted by atomic mass is 35.5. The molecular weight excluding hydrogens is 426 g/mol. The summed E-state index contributed by atoms with van der Waals surface area (Å²) < 4.78 is 14.7. The minimum atomic E-state index is -0.161. The van der Waals surface area contributed by atoms with Crippen molar-refractivity contribution in [2.24, 2.45) is 0 Å². The van der Waals surface area contributed by atoms with E-state index < -0.39 is 0 Å². The van der Waals surface area contributed by atoms with Crippen LogP contribution in [0.4, 0.5) is 0 Å². The quantitative estimate of drug-likeness (QED) is 0.379. The van der Waals surface area contributed by atoms with Crippen LogP contribution in [0.5, 0.6) is 17.2 Å². The monoisotopic (exact) mass is 449 g/mol. The maximum Gasteiger partial charge on any atom is 0.337 e. The number of likely N-dealkylation sites (N-methyl/N-ethyl adjacent to an activating group) is 1. The summed E-state index contributed by atoms with van der Waals surface area (Å²) in [7, 11) is 4.01. The largest absolute Gasteiger partial charge is 0.492 e. The number of para-hydroxylation sites is 1. The van der Waals surface area contributed by atoms with Crippen molar-refractivity contribution < 1.29 is 9.47 Å². The molecule has 7 heteroatoms. The molecule has 4 aromatic rings. The Morgan fingerprint density at radius 3 is 1.94 bits per heavy atom. The molecule has 0 aliphatic rings. The van der Waals surface area contributed by atoms with Crippen molar-refractivity contribution in [2.75, 3.05) is 27.2 Å². The van der Waals surface area contributed by atoms with Gasteiger partial charge in [-0.15, -0.1) is 0 Å². The fraction of sp³-hybridized carbons (Fsp3) is 0.160. The molecule has 0 bridgehead atoms. The molecule has 0 fully saturated rings. The molecule has 6 nitrogen and oxygen atoms in total. The van der Waals surface area contributed by atoms with Gasteiger partial charge in [-0.3, -0.25) is 9.13 Å². The van der Waals surface area contributed by atoms with E-state index in [9.17, 15) is 4.79 Å². The third kappa shape index (κ3) is 5.04. The number of imidazole rings is 1. The van der Waals surface area contributed by atoms with Gasteiger partial charge in [0.2, 0.25) is 0 Å². The van der Waals surface area contributed by atoms with E-state index in [0.717, 1.165) is 23.7 Å². The molecule has 0 atom stereocenters. The van der Waals surface area contributed by atoms with Crippen LogP contribution in [0, 0.1) is 0 Å². The lowest BCUT2D eigenvalue weighted by Gasteiger charge is -2.11. The van der Waals surface area contributed by atoms with E-state index in [-0.39, 0.29) is 5.69 Å². The zero-order chi connectivity index (χ0) is 22.5. The van der Waals surface area contributed by atoms with Crippen LogP contribution in [0.15, 0.2) is 90.0 Å². The van der Waals surface area contributed by atoms with Crippen molar-refractivity contribution in [2.45, 2.75) is 0 Å². The molecule has 0 radical (unpaired) electrons. The molecule has 0 unspecified atom stereocenters. The average Bonchev–Trinajstić information content (AvgIpc) is 3.17. The van der Waals surface area contributed by atoms with E-state index in [1.807, 2.05) is 74.8 Å². The summed E-state index contributed by atoms with van der Waals surface area (Å²) in [6.07, 6.45) is 3.49. The molecule has 0 saturated carbocycles. The molecule has 4 rings (SSSR count). The number of rotatable bonds is 8. The Labute approximate surface area is 191 Å². The van der Waals surface area contributed by atoms with Gasteiger partial charge in [-0.05, 0) is 74.8 Å². The Balaban J connectivity index is 1.48. The lowest BCUT2D eigenvalue weighted by atomic mass is 10.3. The predicted molar refractivity (Wildman–Crippen MR) is 127 cm³/mol. The molecule has 1 heterocycles. The number of halogens is 1. The van der Waals surface area contributed by atoms with E-state index >= 15 is 0 Å². The minimum absolute atomic E-state index is 0.161. The van der Waals surface area contributed by atoms with E-state index in [1.54, 1.807) is 33.7 Å². The van der Waals surface area contributed by atoms with Gasteiger partial charge in [0.1, 0.15) is 23.9 Å². The maximum atomic E-state index is 13.0. The molecule has 0 N–H and O–H groups in total. The van der Waals surface area contributed by atoms with E-state index in [1.165, 1.54) is 0 Å². The van der Waals surface area contributed by atoms with Crippen molar-refractivity contribution in [3.05, 3.63) is 101 Å². The van der Waals surface area contributed by atoms with Crippen LogP contribution in [0.1, 0.15) is 0 Å². The normalized spacial score (nSPS) is 11.0. The molecular formula is C25H24ClN3O3. The van der Waals surface area contributed by atoms with Crippen molar-refractivity contribution in [3.8, 4) is 28.6 Å². The van der Waals surface area contributed by atoms with Crippen LogP contribution in [-0.4, -0.2) is 41.3 Å². The Kier molecular flexibility index (Phi) is 6.63. The maximum absolute atomic E-state index is 13.0. The van der Waals surface area contributed by atoms with Gasteiger partial charge < -0.3 is 14.4 Å². The van der Waals surface area contributed by atoms with Crippen LogP contribution >= 0.6 is 11.6 Å². The van der Waals surface area contributed by atoms with Gasteiger partial charge in [0.25, 0.3) is 0 Å². The van der Waals surface area contributed by atoms with Gasteiger partial charge in [0, 0.05) is 18.9 Å². The summed E-state index contributed by atoms with van der Waals surface area (Å²) in [6, 6.07) is 22.1. The summed E-state index contributed by atoms with van der Waals surface area (Å²) in [5.74, 6) is 2.00. The van der Waals surface area contributed by atoms with Gasteiger partial charge in [0.15, 0.2) is 0 Å². The molecule has 164 valence electrons. The first kappa shape index (κ1) is 21.7. The number of benzene rings is 3. The average molecular weight is 450 g/mol. The molecule has 0 amide bonds. The fourth-order valence-corrected chi connectivity index (χ4v) is 3.32. The first-order valence-electron chi connectivity index (χ1n) is 10.2. The van der Waals surface area contributed by atoms with Crippen molar-refractivity contribution in [1.29, 1.82) is 0 Å². The molecule has 0 aliphatic heterocycles. The van der Waals surface area contributed by atoms with Crippen LogP contribution < -0.4 is 15.2 Å². The lowest BCUT2D eigenvalue weighted by Crippen LogP contribution is -2.21. The zero-order valence-electron chi connectivity index (χ0n) is 17.9. The zero-order valence-corrected chi connectivity index (χ0v) is 18.7. The summed E-state index contributed by atoms with van der Waals surface area (Å²) >= 11 is 6.15. The van der Waals surface area contributed by atoms with Crippen LogP contribution in [0.2, 0.25) is 5.02 Å². The Bertz CT molecular complexity index is 1230. The second kappa shape index (κ2) is 9.77. The number of aromatic nitrogens is 2. The number of ether oxygens (including phenoxy) is 2. The van der Waals surface area contributed by atoms with Gasteiger partial charge in [-0.25, -0.2) is 4.79 Å². The van der Waals surface area contributed by atoms with Gasteiger partial charge in [-0.2, -0.15) is 0 Å². The van der Waals surface area contributed by atoms with E-state index in [0.29, 0.717) is 23.1 Å². The third-order valence-corrected chi connectivity index (χ3v) is 5.19. The number of hydrogen-bond donors (Lipinski definition) is 0. The number of hydrogen-bond acceptors (Lipinski definition) is 4. The Morgan fingerprint density at radius 2 is 1.38 bits per heavy atom. The third-order valence-electron chi connectivity index (χ3n) is 4.88. The molecule has 3 aromatic carbocycles. The molecule has 0 saturated heterocycles. The molecule has 1 aromatic heterocycles. The van der Waals surface area contributed by atoms with Gasteiger partial charge in [-0.1, -0.05) is 23.7 Å². The van der Waals surface area contributed by atoms with Crippen LogP contribution in [-0.2, 0) is 0 Å².